The summed E-state index contributed by atoms with van der Waals surface area (Å²) in [5.41, 5.74) is 2.48. The van der Waals surface area contributed by atoms with Gasteiger partial charge in [-0.05, 0) is 36.4 Å². The standard InChI is InChI=1S/C23H17N5O3/c29-20-19(25-23-27-26-21(31-23)15-9-3-1-4-10-15)22(30)28(16-11-5-2-6-12-16)18-14-8-7-13-17(18)24-20/h1-14,19H,(H,24,29)(H,25,27). The number of carbonyl (C=O) groups excluding carboxylic acids is 2. The third kappa shape index (κ3) is 3.51. The third-order valence-corrected chi connectivity index (χ3v) is 4.86. The van der Waals surface area contributed by atoms with Crippen LogP contribution in [0, 0.1) is 0 Å². The number of hydrogen-bond acceptors (Lipinski definition) is 6. The lowest BCUT2D eigenvalue weighted by Crippen LogP contribution is -2.46. The Hall–Kier alpha value is -4.46. The highest BCUT2D eigenvalue weighted by atomic mass is 16.4. The van der Waals surface area contributed by atoms with E-state index >= 15 is 0 Å². The zero-order chi connectivity index (χ0) is 21.2. The molecule has 1 aliphatic rings. The molecule has 1 unspecified atom stereocenters. The molecule has 31 heavy (non-hydrogen) atoms. The Morgan fingerprint density at radius 1 is 0.839 bits per heavy atom. The number of anilines is 4. The molecule has 2 amide bonds. The number of nitrogens with zero attached hydrogens (tertiary/aromatic N) is 3. The number of nitrogens with one attached hydrogen (secondary N) is 2. The average molecular weight is 411 g/mol. The molecule has 152 valence electrons. The van der Waals surface area contributed by atoms with Crippen LogP contribution < -0.4 is 15.5 Å². The van der Waals surface area contributed by atoms with Crippen LogP contribution in [0.1, 0.15) is 0 Å². The quantitative estimate of drug-likeness (QED) is 0.495. The van der Waals surface area contributed by atoms with Crippen LogP contribution in [0.15, 0.2) is 89.3 Å². The second-order valence-electron chi connectivity index (χ2n) is 6.87. The van der Waals surface area contributed by atoms with Gasteiger partial charge in [0.1, 0.15) is 0 Å². The van der Waals surface area contributed by atoms with E-state index in [-0.39, 0.29) is 11.9 Å². The van der Waals surface area contributed by atoms with E-state index < -0.39 is 17.9 Å². The maximum atomic E-state index is 13.5. The predicted molar refractivity (Wildman–Crippen MR) is 116 cm³/mol. The summed E-state index contributed by atoms with van der Waals surface area (Å²) >= 11 is 0. The van der Waals surface area contributed by atoms with Gasteiger partial charge in [0, 0.05) is 11.3 Å². The van der Waals surface area contributed by atoms with Crippen LogP contribution in [-0.4, -0.2) is 28.1 Å². The molecule has 8 nitrogen and oxygen atoms in total. The fourth-order valence-corrected chi connectivity index (χ4v) is 3.41. The first kappa shape index (κ1) is 18.6. The number of hydrogen-bond donors (Lipinski definition) is 2. The zero-order valence-electron chi connectivity index (χ0n) is 16.2. The Bertz CT molecular complexity index is 1240. The highest BCUT2D eigenvalue weighted by Gasteiger charge is 2.38. The molecule has 1 aromatic heterocycles. The van der Waals surface area contributed by atoms with E-state index in [4.69, 9.17) is 4.42 Å². The van der Waals surface area contributed by atoms with Crippen LogP contribution in [-0.2, 0) is 9.59 Å². The molecular weight excluding hydrogens is 394 g/mol. The monoisotopic (exact) mass is 411 g/mol. The summed E-state index contributed by atoms with van der Waals surface area (Å²) in [6.45, 7) is 0. The molecule has 2 heterocycles. The van der Waals surface area contributed by atoms with E-state index in [1.807, 2.05) is 66.7 Å². The minimum atomic E-state index is -1.27. The Morgan fingerprint density at radius 3 is 2.29 bits per heavy atom. The van der Waals surface area contributed by atoms with Crippen molar-refractivity contribution in [3.05, 3.63) is 84.9 Å². The molecule has 0 saturated carbocycles. The van der Waals surface area contributed by atoms with E-state index in [0.717, 1.165) is 5.56 Å². The SMILES string of the molecule is O=C1Nc2ccccc2N(c2ccccc2)C(=O)C1Nc1nnc(-c2ccccc2)o1. The van der Waals surface area contributed by atoms with Crippen molar-refractivity contribution in [1.82, 2.24) is 10.2 Å². The Balaban J connectivity index is 1.50. The predicted octanol–water partition coefficient (Wildman–Crippen LogP) is 3.83. The second kappa shape index (κ2) is 7.75. The topological polar surface area (TPSA) is 100 Å². The van der Waals surface area contributed by atoms with Crippen molar-refractivity contribution in [2.45, 2.75) is 6.04 Å². The average Bonchev–Trinajstić information content (AvgIpc) is 3.25. The van der Waals surface area contributed by atoms with Gasteiger partial charge < -0.3 is 15.1 Å². The molecule has 4 aromatic rings. The maximum Gasteiger partial charge on any atom is 0.316 e. The minimum absolute atomic E-state index is 0.0219. The number of aromatic nitrogens is 2. The molecule has 0 bridgehead atoms. The summed E-state index contributed by atoms with van der Waals surface area (Å²) in [5, 5.41) is 13.6. The van der Waals surface area contributed by atoms with E-state index in [2.05, 4.69) is 20.8 Å². The molecule has 0 saturated heterocycles. The number of benzene rings is 3. The van der Waals surface area contributed by atoms with Crippen molar-refractivity contribution >= 4 is 34.9 Å². The maximum absolute atomic E-state index is 13.5. The van der Waals surface area contributed by atoms with Crippen LogP contribution in [0.25, 0.3) is 11.5 Å². The van der Waals surface area contributed by atoms with Crippen molar-refractivity contribution in [1.29, 1.82) is 0 Å². The van der Waals surface area contributed by atoms with Gasteiger partial charge in [-0.3, -0.25) is 14.5 Å². The first-order valence-corrected chi connectivity index (χ1v) is 9.65. The molecule has 3 aromatic carbocycles. The summed E-state index contributed by atoms with van der Waals surface area (Å²) in [6.07, 6.45) is 0. The van der Waals surface area contributed by atoms with Crippen LogP contribution in [0.4, 0.5) is 23.1 Å². The number of amides is 2. The molecule has 0 spiro atoms. The number of para-hydroxylation sites is 3. The zero-order valence-corrected chi connectivity index (χ0v) is 16.2. The number of rotatable bonds is 4. The molecule has 1 aliphatic heterocycles. The first-order valence-electron chi connectivity index (χ1n) is 9.65. The summed E-state index contributed by atoms with van der Waals surface area (Å²) in [5.74, 6) is -0.698. The van der Waals surface area contributed by atoms with E-state index in [9.17, 15) is 9.59 Å². The lowest BCUT2D eigenvalue weighted by molar-refractivity contribution is -0.125. The molecule has 0 radical (unpaired) electrons. The van der Waals surface area contributed by atoms with Crippen LogP contribution >= 0.6 is 0 Å². The van der Waals surface area contributed by atoms with E-state index in [0.29, 0.717) is 17.1 Å². The summed E-state index contributed by atoms with van der Waals surface area (Å²) in [6, 6.07) is 24.2. The molecule has 0 fully saturated rings. The van der Waals surface area contributed by atoms with E-state index in [1.54, 1.807) is 18.2 Å². The minimum Gasteiger partial charge on any atom is -0.403 e. The highest BCUT2D eigenvalue weighted by Crippen LogP contribution is 2.35. The van der Waals surface area contributed by atoms with Crippen molar-refractivity contribution in [2.75, 3.05) is 15.5 Å². The van der Waals surface area contributed by atoms with Crippen LogP contribution in [0.5, 0.6) is 0 Å². The van der Waals surface area contributed by atoms with Crippen molar-refractivity contribution in [3.8, 4) is 11.5 Å². The molecular formula is C23H17N5O3. The molecule has 8 heteroatoms. The van der Waals surface area contributed by atoms with Gasteiger partial charge in [0.25, 0.3) is 11.8 Å². The molecule has 2 N–H and O–H groups in total. The van der Waals surface area contributed by atoms with Gasteiger partial charge in [0.05, 0.1) is 11.4 Å². The van der Waals surface area contributed by atoms with Crippen molar-refractivity contribution < 1.29 is 14.0 Å². The fourth-order valence-electron chi connectivity index (χ4n) is 3.41. The Morgan fingerprint density at radius 2 is 1.52 bits per heavy atom. The Labute approximate surface area is 177 Å². The largest absolute Gasteiger partial charge is 0.403 e. The number of fused-ring (bicyclic) bond motifs is 1. The lowest BCUT2D eigenvalue weighted by atomic mass is 10.2. The normalized spacial score (nSPS) is 15.7. The van der Waals surface area contributed by atoms with Crippen molar-refractivity contribution in [2.24, 2.45) is 0 Å². The fraction of sp³-hybridized carbons (Fsp3) is 0.0435. The molecule has 0 aliphatic carbocycles. The van der Waals surface area contributed by atoms with Crippen LogP contribution in [0.2, 0.25) is 0 Å². The van der Waals surface area contributed by atoms with Gasteiger partial charge in [-0.15, -0.1) is 5.10 Å². The highest BCUT2D eigenvalue weighted by molar-refractivity contribution is 6.23. The smallest absolute Gasteiger partial charge is 0.316 e. The van der Waals surface area contributed by atoms with Gasteiger partial charge >= 0.3 is 6.01 Å². The Kier molecular flexibility index (Phi) is 4.64. The lowest BCUT2D eigenvalue weighted by Gasteiger charge is -2.24. The van der Waals surface area contributed by atoms with Gasteiger partial charge in [-0.2, -0.15) is 0 Å². The third-order valence-electron chi connectivity index (χ3n) is 4.86. The van der Waals surface area contributed by atoms with Crippen molar-refractivity contribution in [3.63, 3.8) is 0 Å². The first-order chi connectivity index (χ1) is 15.2. The second-order valence-corrected chi connectivity index (χ2v) is 6.87. The molecule has 1 atom stereocenters. The van der Waals surface area contributed by atoms with Gasteiger partial charge in [0.15, 0.2) is 6.04 Å². The summed E-state index contributed by atoms with van der Waals surface area (Å²) in [7, 11) is 0. The summed E-state index contributed by atoms with van der Waals surface area (Å²) in [4.78, 5) is 27.9. The molecule has 5 rings (SSSR count). The van der Waals surface area contributed by atoms with Gasteiger partial charge in [0.2, 0.25) is 5.89 Å². The van der Waals surface area contributed by atoms with Gasteiger partial charge in [-0.1, -0.05) is 53.6 Å². The van der Waals surface area contributed by atoms with E-state index in [1.165, 1.54) is 4.90 Å². The van der Waals surface area contributed by atoms with Gasteiger partial charge in [-0.25, -0.2) is 0 Å². The van der Waals surface area contributed by atoms with Crippen LogP contribution in [0.3, 0.4) is 0 Å². The number of carbonyl (C=O) groups is 2. The summed E-state index contributed by atoms with van der Waals surface area (Å²) < 4.78 is 5.64.